The van der Waals surface area contributed by atoms with Gasteiger partial charge in [0.1, 0.15) is 0 Å². The first-order valence-electron chi connectivity index (χ1n) is 6.51. The van der Waals surface area contributed by atoms with Crippen LogP contribution < -0.4 is 11.5 Å². The summed E-state index contributed by atoms with van der Waals surface area (Å²) in [6.07, 6.45) is 3.15. The molecule has 0 fully saturated rings. The highest BCUT2D eigenvalue weighted by molar-refractivity contribution is 7.13. The normalized spacial score (nSPS) is 10.1. The molecule has 0 saturated heterocycles. The predicted octanol–water partition coefficient (Wildman–Crippen LogP) is 1.07. The molecule has 24 heavy (non-hydrogen) atoms. The molecule has 0 atom stereocenters. The summed E-state index contributed by atoms with van der Waals surface area (Å²) in [4.78, 5) is 27.3. The summed E-state index contributed by atoms with van der Waals surface area (Å²) in [6, 6.07) is 2.08. The first kappa shape index (κ1) is 18.9. The van der Waals surface area contributed by atoms with Crippen molar-refractivity contribution in [3.63, 3.8) is 0 Å². The van der Waals surface area contributed by atoms with E-state index in [0.717, 1.165) is 11.3 Å². The highest BCUT2D eigenvalue weighted by Gasteiger charge is 2.06. The van der Waals surface area contributed by atoms with Crippen LogP contribution in [0.3, 0.4) is 0 Å². The summed E-state index contributed by atoms with van der Waals surface area (Å²) in [5.74, 6) is -2.48. The monoisotopic (exact) mass is 351 g/mol. The number of carbonyl (C=O) groups is 2. The fraction of sp³-hybridized carbons (Fsp3) is 0.143. The van der Waals surface area contributed by atoms with Gasteiger partial charge in [0.2, 0.25) is 5.13 Å². The molecule has 6 N–H and O–H groups in total. The van der Waals surface area contributed by atoms with Gasteiger partial charge in [0.05, 0.1) is 5.69 Å². The smallest absolute Gasteiger partial charge is 0.328 e. The summed E-state index contributed by atoms with van der Waals surface area (Å²) >= 11 is 1.42. The number of nitrogens with zero attached hydrogens (tertiary/aromatic N) is 3. The van der Waals surface area contributed by atoms with Crippen molar-refractivity contribution in [1.29, 1.82) is 0 Å². The van der Waals surface area contributed by atoms with E-state index in [1.54, 1.807) is 0 Å². The number of hydrogen-bond donors (Lipinski definition) is 4. The minimum absolute atomic E-state index is 0.0325. The van der Waals surface area contributed by atoms with Gasteiger partial charge in [0.25, 0.3) is 0 Å². The van der Waals surface area contributed by atoms with Gasteiger partial charge in [-0.2, -0.15) is 4.99 Å². The number of carboxylic acid groups (broad SMARTS) is 2. The molecule has 0 radical (unpaired) electrons. The molecule has 0 saturated carbocycles. The molecule has 0 unspecified atom stereocenters. The molecule has 2 heterocycles. The molecule has 9 nitrogen and oxygen atoms in total. The van der Waals surface area contributed by atoms with E-state index in [1.165, 1.54) is 17.0 Å². The molecule has 0 aliphatic carbocycles. The van der Waals surface area contributed by atoms with E-state index in [0.29, 0.717) is 17.3 Å². The fourth-order valence-electron chi connectivity index (χ4n) is 1.52. The number of carboxylic acids is 2. The average molecular weight is 351 g/mol. The van der Waals surface area contributed by atoms with Crippen LogP contribution in [0.5, 0.6) is 0 Å². The fourth-order valence-corrected chi connectivity index (χ4v) is 2.23. The van der Waals surface area contributed by atoms with Crippen LogP contribution in [0.1, 0.15) is 5.69 Å². The molecule has 2 aromatic rings. The molecule has 0 amide bonds. The number of hydrogen-bond acceptors (Lipinski definition) is 5. The van der Waals surface area contributed by atoms with E-state index < -0.39 is 11.9 Å². The van der Waals surface area contributed by atoms with E-state index in [4.69, 9.17) is 21.7 Å². The third-order valence-electron chi connectivity index (χ3n) is 2.63. The maximum Gasteiger partial charge on any atom is 0.328 e. The van der Waals surface area contributed by atoms with E-state index in [9.17, 15) is 9.59 Å². The third-order valence-corrected chi connectivity index (χ3v) is 3.37. The largest absolute Gasteiger partial charge is 0.478 e. The molecule has 10 heteroatoms. The maximum atomic E-state index is 9.55. The Kier molecular flexibility index (Phi) is 6.68. The van der Waals surface area contributed by atoms with Gasteiger partial charge in [-0.3, -0.25) is 0 Å². The van der Waals surface area contributed by atoms with Gasteiger partial charge < -0.3 is 26.2 Å². The summed E-state index contributed by atoms with van der Waals surface area (Å²) in [5.41, 5.74) is 13.7. The van der Waals surface area contributed by atoms with Crippen molar-refractivity contribution in [2.75, 3.05) is 0 Å². The van der Waals surface area contributed by atoms with Crippen LogP contribution in [0.15, 0.2) is 34.8 Å². The predicted molar refractivity (Wildman–Crippen MR) is 91.1 cm³/mol. The number of aliphatic carboxylic acids is 2. The lowest BCUT2D eigenvalue weighted by molar-refractivity contribution is -0.134. The number of aliphatic imine (C=N–C) groups is 1. The van der Waals surface area contributed by atoms with E-state index in [-0.39, 0.29) is 5.96 Å². The second-order valence-electron chi connectivity index (χ2n) is 4.54. The molecule has 0 bridgehead atoms. The Morgan fingerprint density at radius 2 is 1.88 bits per heavy atom. The molecule has 2 aromatic heterocycles. The zero-order valence-corrected chi connectivity index (χ0v) is 13.8. The van der Waals surface area contributed by atoms with Crippen LogP contribution in [0.25, 0.3) is 11.3 Å². The summed E-state index contributed by atoms with van der Waals surface area (Å²) in [7, 11) is 2.00. The quantitative estimate of drug-likeness (QED) is 0.364. The molecule has 2 rings (SSSR count). The second-order valence-corrected chi connectivity index (χ2v) is 5.38. The van der Waals surface area contributed by atoms with Gasteiger partial charge in [-0.25, -0.2) is 14.6 Å². The number of nitrogens with two attached hydrogens (primary N) is 2. The Labute approximate surface area is 141 Å². The van der Waals surface area contributed by atoms with Crippen molar-refractivity contribution in [1.82, 2.24) is 9.55 Å². The zero-order chi connectivity index (χ0) is 18.3. The average Bonchev–Trinajstić information content (AvgIpc) is 3.04. The number of thiazole rings is 1. The number of aromatic nitrogens is 2. The number of guanidine groups is 1. The molecular weight excluding hydrogens is 334 g/mol. The van der Waals surface area contributed by atoms with Crippen molar-refractivity contribution in [3.05, 3.63) is 35.5 Å². The Hall–Kier alpha value is -3.14. The van der Waals surface area contributed by atoms with Gasteiger partial charge in [0, 0.05) is 42.0 Å². The SMILES string of the molecule is Cc1cc(-c2csc(N=C(N)N)n2)cn1C.O=C(O)/C=C\C(=O)O. The molecule has 0 spiro atoms. The van der Waals surface area contributed by atoms with Crippen LogP contribution in [-0.2, 0) is 16.6 Å². The van der Waals surface area contributed by atoms with Gasteiger partial charge in [-0.05, 0) is 13.0 Å². The standard InChI is InChI=1S/C10H13N5S.C4H4O4/c1-6-3-7(4-15(6)2)8-5-16-10(13-8)14-9(11)12;5-3(6)1-2-4(7)8/h3-5H,1-2H3,(H4,11,12,13,14);1-2H,(H,5,6)(H,7,8)/b;2-1-. The van der Waals surface area contributed by atoms with E-state index in [2.05, 4.69) is 20.6 Å². The first-order chi connectivity index (χ1) is 11.2. The lowest BCUT2D eigenvalue weighted by Crippen LogP contribution is -2.21. The van der Waals surface area contributed by atoms with E-state index >= 15 is 0 Å². The Morgan fingerprint density at radius 3 is 2.29 bits per heavy atom. The first-order valence-corrected chi connectivity index (χ1v) is 7.39. The van der Waals surface area contributed by atoms with Crippen molar-refractivity contribution in [3.8, 4) is 11.3 Å². The lowest BCUT2D eigenvalue weighted by atomic mass is 10.2. The van der Waals surface area contributed by atoms with Crippen LogP contribution in [0.2, 0.25) is 0 Å². The Balaban J connectivity index is 0.000000307. The number of aryl methyl sites for hydroxylation is 2. The zero-order valence-electron chi connectivity index (χ0n) is 13.0. The molecular formula is C14H17N5O4S. The molecule has 0 aromatic carbocycles. The topological polar surface area (TPSA) is 157 Å². The second kappa shape index (κ2) is 8.48. The Bertz CT molecular complexity index is 751. The van der Waals surface area contributed by atoms with Crippen molar-refractivity contribution < 1.29 is 19.8 Å². The molecule has 0 aliphatic heterocycles. The third kappa shape index (κ3) is 6.32. The minimum atomic E-state index is -1.26. The lowest BCUT2D eigenvalue weighted by Gasteiger charge is -1.90. The van der Waals surface area contributed by atoms with Crippen molar-refractivity contribution in [2.24, 2.45) is 23.5 Å². The van der Waals surface area contributed by atoms with Crippen LogP contribution in [0, 0.1) is 6.92 Å². The molecule has 0 aliphatic rings. The van der Waals surface area contributed by atoms with Crippen LogP contribution in [0.4, 0.5) is 5.13 Å². The Morgan fingerprint density at radius 1 is 1.29 bits per heavy atom. The summed E-state index contributed by atoms with van der Waals surface area (Å²) < 4.78 is 2.05. The highest BCUT2D eigenvalue weighted by Crippen LogP contribution is 2.27. The summed E-state index contributed by atoms with van der Waals surface area (Å²) in [6.45, 7) is 2.05. The summed E-state index contributed by atoms with van der Waals surface area (Å²) in [5, 5.41) is 18.1. The number of rotatable bonds is 4. The van der Waals surface area contributed by atoms with Gasteiger partial charge in [-0.1, -0.05) is 0 Å². The minimum Gasteiger partial charge on any atom is -0.478 e. The van der Waals surface area contributed by atoms with Gasteiger partial charge >= 0.3 is 11.9 Å². The van der Waals surface area contributed by atoms with Crippen molar-refractivity contribution >= 4 is 34.4 Å². The van der Waals surface area contributed by atoms with Crippen LogP contribution in [-0.4, -0.2) is 37.7 Å². The maximum absolute atomic E-state index is 9.55. The van der Waals surface area contributed by atoms with Gasteiger partial charge in [0.15, 0.2) is 5.96 Å². The molecule has 128 valence electrons. The van der Waals surface area contributed by atoms with Gasteiger partial charge in [-0.15, -0.1) is 11.3 Å². The van der Waals surface area contributed by atoms with E-state index in [1.807, 2.05) is 25.5 Å². The van der Waals surface area contributed by atoms with Crippen molar-refractivity contribution in [2.45, 2.75) is 6.92 Å². The van der Waals surface area contributed by atoms with Crippen LogP contribution >= 0.6 is 11.3 Å². The highest BCUT2D eigenvalue weighted by atomic mass is 32.1.